The number of rotatable bonds is 3. The Hall–Kier alpha value is -3.39. The minimum absolute atomic E-state index is 0.227. The summed E-state index contributed by atoms with van der Waals surface area (Å²) < 4.78 is 1.31. The van der Waals surface area contributed by atoms with E-state index in [2.05, 4.69) is 20.4 Å². The lowest BCUT2D eigenvalue weighted by atomic mass is 10.1. The maximum Gasteiger partial charge on any atom is 0.277 e. The van der Waals surface area contributed by atoms with Crippen molar-refractivity contribution >= 4 is 33.8 Å². The van der Waals surface area contributed by atoms with Crippen molar-refractivity contribution in [3.8, 4) is 10.6 Å². The maximum absolute atomic E-state index is 13.1. The fraction of sp³-hybridized carbons (Fsp3) is 0.227. The van der Waals surface area contributed by atoms with Gasteiger partial charge in [-0.1, -0.05) is 6.07 Å². The molecule has 0 atom stereocenters. The number of aryl methyl sites for hydroxylation is 4. The summed E-state index contributed by atoms with van der Waals surface area (Å²) in [6.07, 6.45) is 1.74. The Morgan fingerprint density at radius 3 is 2.63 bits per heavy atom. The number of aromatic nitrogens is 4. The second-order valence-corrected chi connectivity index (χ2v) is 8.23. The van der Waals surface area contributed by atoms with Crippen LogP contribution in [0.15, 0.2) is 35.3 Å². The van der Waals surface area contributed by atoms with E-state index in [0.29, 0.717) is 26.8 Å². The third kappa shape index (κ3) is 3.29. The van der Waals surface area contributed by atoms with Gasteiger partial charge in [-0.3, -0.25) is 14.6 Å². The second kappa shape index (κ2) is 7.46. The largest absolute Gasteiger partial charge is 0.321 e. The maximum atomic E-state index is 13.1. The quantitative estimate of drug-likeness (QED) is 0.543. The van der Waals surface area contributed by atoms with Crippen LogP contribution in [0.1, 0.15) is 32.2 Å². The first-order valence-corrected chi connectivity index (χ1v) is 10.3. The van der Waals surface area contributed by atoms with Crippen LogP contribution < -0.4 is 10.9 Å². The summed E-state index contributed by atoms with van der Waals surface area (Å²) in [5, 5.41) is 8.59. The molecule has 0 fully saturated rings. The Balaban J connectivity index is 1.75. The minimum atomic E-state index is -0.259. The number of amides is 1. The number of nitrogens with one attached hydrogen (secondary N) is 1. The molecule has 1 N–H and O–H groups in total. The van der Waals surface area contributed by atoms with Gasteiger partial charge in [0.1, 0.15) is 9.88 Å². The molecule has 30 heavy (non-hydrogen) atoms. The van der Waals surface area contributed by atoms with Gasteiger partial charge in [-0.15, -0.1) is 11.3 Å². The molecule has 0 saturated heterocycles. The lowest BCUT2D eigenvalue weighted by Crippen LogP contribution is -2.23. The average Bonchev–Trinajstić information content (AvgIpc) is 3.10. The molecule has 152 valence electrons. The molecule has 0 bridgehead atoms. The van der Waals surface area contributed by atoms with E-state index in [-0.39, 0.29) is 11.5 Å². The Bertz CT molecular complexity index is 1370. The first kappa shape index (κ1) is 19.9. The first-order valence-electron chi connectivity index (χ1n) is 9.46. The number of nitrogens with zero attached hydrogens (tertiary/aromatic N) is 4. The molecule has 3 heterocycles. The second-order valence-electron chi connectivity index (χ2n) is 7.23. The molecule has 0 spiro atoms. The number of carbonyl (C=O) groups is 1. The highest BCUT2D eigenvalue weighted by Crippen LogP contribution is 2.30. The smallest absolute Gasteiger partial charge is 0.277 e. The highest BCUT2D eigenvalue weighted by Gasteiger charge is 2.21. The van der Waals surface area contributed by atoms with Gasteiger partial charge in [-0.25, -0.2) is 9.67 Å². The molecular weight excluding hydrogens is 398 g/mol. The van der Waals surface area contributed by atoms with Gasteiger partial charge < -0.3 is 5.32 Å². The summed E-state index contributed by atoms with van der Waals surface area (Å²) in [5.74, 6) is -0.259. The number of carbonyl (C=O) groups excluding carboxylic acids is 1. The van der Waals surface area contributed by atoms with E-state index < -0.39 is 0 Å². The molecule has 0 aliphatic rings. The van der Waals surface area contributed by atoms with E-state index in [0.717, 1.165) is 27.7 Å². The number of anilines is 1. The van der Waals surface area contributed by atoms with Crippen molar-refractivity contribution in [3.63, 3.8) is 0 Å². The van der Waals surface area contributed by atoms with Crippen molar-refractivity contribution in [1.82, 2.24) is 19.7 Å². The summed E-state index contributed by atoms with van der Waals surface area (Å²) in [6.45, 7) is 7.46. The third-order valence-electron chi connectivity index (χ3n) is 5.16. The van der Waals surface area contributed by atoms with Gasteiger partial charge >= 0.3 is 0 Å². The number of hydrogen-bond donors (Lipinski definition) is 1. The van der Waals surface area contributed by atoms with Crippen molar-refractivity contribution in [3.05, 3.63) is 68.2 Å². The van der Waals surface area contributed by atoms with Crippen LogP contribution in [0.3, 0.4) is 0 Å². The van der Waals surface area contributed by atoms with E-state index in [9.17, 15) is 9.59 Å². The predicted molar refractivity (Wildman–Crippen MR) is 119 cm³/mol. The molecule has 1 amide bonds. The van der Waals surface area contributed by atoms with Crippen LogP contribution in [0.25, 0.3) is 21.5 Å². The van der Waals surface area contributed by atoms with Gasteiger partial charge in [-0.05, 0) is 57.0 Å². The van der Waals surface area contributed by atoms with Gasteiger partial charge in [-0.2, -0.15) is 5.10 Å². The molecule has 4 rings (SSSR count). The van der Waals surface area contributed by atoms with Crippen molar-refractivity contribution in [2.24, 2.45) is 7.05 Å². The SMILES string of the molecule is Cc1nc(-c2c(C)c(C)nn(C)c2=O)sc1C(=O)Nc1ccc(C)c2ncccc12. The molecule has 4 aromatic rings. The van der Waals surface area contributed by atoms with E-state index >= 15 is 0 Å². The van der Waals surface area contributed by atoms with Crippen molar-refractivity contribution in [2.75, 3.05) is 5.32 Å². The van der Waals surface area contributed by atoms with Gasteiger partial charge in [0.05, 0.1) is 28.2 Å². The first-order chi connectivity index (χ1) is 14.3. The van der Waals surface area contributed by atoms with Gasteiger partial charge in [0.15, 0.2) is 0 Å². The fourth-order valence-corrected chi connectivity index (χ4v) is 4.47. The van der Waals surface area contributed by atoms with Crippen LogP contribution in [0.2, 0.25) is 0 Å². The van der Waals surface area contributed by atoms with Crippen LogP contribution in [0, 0.1) is 27.7 Å². The molecule has 0 radical (unpaired) electrons. The molecule has 1 aromatic carbocycles. The minimum Gasteiger partial charge on any atom is -0.321 e. The summed E-state index contributed by atoms with van der Waals surface area (Å²) >= 11 is 1.21. The number of benzene rings is 1. The summed E-state index contributed by atoms with van der Waals surface area (Å²) in [4.78, 5) is 35.1. The number of thiazole rings is 1. The van der Waals surface area contributed by atoms with Crippen LogP contribution in [-0.2, 0) is 7.05 Å². The third-order valence-corrected chi connectivity index (χ3v) is 6.34. The number of pyridine rings is 1. The van der Waals surface area contributed by atoms with Crippen molar-refractivity contribution in [1.29, 1.82) is 0 Å². The lowest BCUT2D eigenvalue weighted by Gasteiger charge is -2.09. The Morgan fingerprint density at radius 1 is 1.10 bits per heavy atom. The molecule has 0 saturated carbocycles. The van der Waals surface area contributed by atoms with Gasteiger partial charge in [0.2, 0.25) is 0 Å². The van der Waals surface area contributed by atoms with Gasteiger partial charge in [0.25, 0.3) is 11.5 Å². The van der Waals surface area contributed by atoms with Crippen LogP contribution in [0.4, 0.5) is 5.69 Å². The zero-order valence-electron chi connectivity index (χ0n) is 17.4. The van der Waals surface area contributed by atoms with Gasteiger partial charge in [0, 0.05) is 18.6 Å². The Labute approximate surface area is 177 Å². The monoisotopic (exact) mass is 419 g/mol. The standard InChI is InChI=1S/C22H21N5O2S/c1-11-8-9-16(15-7-6-10-23-18(11)15)25-20(28)19-14(4)24-21(30-19)17-12(2)13(3)26-27(5)22(17)29/h6-10H,1-5H3,(H,25,28). The molecular formula is C22H21N5O2S. The molecule has 0 aliphatic heterocycles. The summed E-state index contributed by atoms with van der Waals surface area (Å²) in [5.41, 5.74) is 4.95. The van der Waals surface area contributed by atoms with Crippen molar-refractivity contribution in [2.45, 2.75) is 27.7 Å². The van der Waals surface area contributed by atoms with Crippen LogP contribution >= 0.6 is 11.3 Å². The number of hydrogen-bond acceptors (Lipinski definition) is 6. The van der Waals surface area contributed by atoms with Crippen LogP contribution in [0.5, 0.6) is 0 Å². The fourth-order valence-electron chi connectivity index (χ4n) is 3.42. The van der Waals surface area contributed by atoms with E-state index in [1.165, 1.54) is 16.0 Å². The Morgan fingerprint density at radius 2 is 1.87 bits per heavy atom. The molecule has 7 nitrogen and oxygen atoms in total. The zero-order valence-corrected chi connectivity index (χ0v) is 18.2. The summed E-state index contributed by atoms with van der Waals surface area (Å²) in [7, 11) is 1.61. The lowest BCUT2D eigenvalue weighted by molar-refractivity contribution is 0.103. The van der Waals surface area contributed by atoms with E-state index in [4.69, 9.17) is 0 Å². The molecule has 8 heteroatoms. The van der Waals surface area contributed by atoms with E-state index in [1.807, 2.05) is 45.0 Å². The zero-order chi connectivity index (χ0) is 21.6. The predicted octanol–water partition coefficient (Wildman–Crippen LogP) is 3.94. The molecule has 0 aliphatic carbocycles. The topological polar surface area (TPSA) is 89.8 Å². The van der Waals surface area contributed by atoms with E-state index in [1.54, 1.807) is 20.2 Å². The average molecular weight is 420 g/mol. The van der Waals surface area contributed by atoms with Crippen LogP contribution in [-0.4, -0.2) is 25.7 Å². The normalized spacial score (nSPS) is 11.1. The number of fused-ring (bicyclic) bond motifs is 1. The molecule has 3 aromatic heterocycles. The van der Waals surface area contributed by atoms with Crippen molar-refractivity contribution < 1.29 is 4.79 Å². The Kier molecular flexibility index (Phi) is 4.95. The summed E-state index contributed by atoms with van der Waals surface area (Å²) in [6, 6.07) is 7.59. The molecule has 0 unspecified atom stereocenters. The highest BCUT2D eigenvalue weighted by molar-refractivity contribution is 7.17. The highest BCUT2D eigenvalue weighted by atomic mass is 32.1.